The number of methoxy groups -OCH3 is 1. The maximum absolute atomic E-state index is 13.8. The lowest BCUT2D eigenvalue weighted by Crippen LogP contribution is -2.53. The van der Waals surface area contributed by atoms with Crippen molar-refractivity contribution >= 4 is 17.7 Å². The van der Waals surface area contributed by atoms with Gasteiger partial charge >= 0.3 is 0 Å². The van der Waals surface area contributed by atoms with Crippen LogP contribution in [0.1, 0.15) is 35.2 Å². The summed E-state index contributed by atoms with van der Waals surface area (Å²) < 4.78 is 5.33. The number of hydrogen-bond donors (Lipinski definition) is 1. The van der Waals surface area contributed by atoms with Crippen molar-refractivity contribution in [3.05, 3.63) is 65.7 Å². The Morgan fingerprint density at radius 2 is 1.78 bits per heavy atom. The minimum absolute atomic E-state index is 0.0258. The van der Waals surface area contributed by atoms with E-state index in [1.807, 2.05) is 28.0 Å². The highest BCUT2D eigenvalue weighted by molar-refractivity contribution is 5.98. The summed E-state index contributed by atoms with van der Waals surface area (Å²) in [6, 6.07) is 16.4. The molecule has 2 heterocycles. The molecule has 3 amide bonds. The molecule has 2 unspecified atom stereocenters. The molecule has 5 rings (SSSR count). The smallest absolute Gasteiger partial charge is 0.254 e. The summed E-state index contributed by atoms with van der Waals surface area (Å²) in [6.07, 6.45) is 3.05. The van der Waals surface area contributed by atoms with Crippen molar-refractivity contribution in [2.24, 2.45) is 5.92 Å². The molecule has 0 spiro atoms. The van der Waals surface area contributed by atoms with Crippen molar-refractivity contribution in [3.8, 4) is 5.75 Å². The lowest BCUT2D eigenvalue weighted by Gasteiger charge is -2.32. The molecule has 2 atom stereocenters. The first-order valence-electron chi connectivity index (χ1n) is 13.3. The summed E-state index contributed by atoms with van der Waals surface area (Å²) >= 11 is 0. The molecule has 196 valence electrons. The minimum Gasteiger partial charge on any atom is -0.497 e. The first kappa shape index (κ1) is 25.3. The van der Waals surface area contributed by atoms with Crippen LogP contribution in [0.4, 0.5) is 0 Å². The van der Waals surface area contributed by atoms with Gasteiger partial charge < -0.3 is 24.8 Å². The van der Waals surface area contributed by atoms with Gasteiger partial charge in [0.1, 0.15) is 11.8 Å². The second kappa shape index (κ2) is 11.3. The molecular formula is C29H36N4O4. The van der Waals surface area contributed by atoms with Gasteiger partial charge in [-0.15, -0.1) is 0 Å². The molecule has 1 N–H and O–H groups in total. The van der Waals surface area contributed by atoms with E-state index in [1.54, 1.807) is 36.3 Å². The number of piperazine rings is 1. The summed E-state index contributed by atoms with van der Waals surface area (Å²) in [7, 11) is 1.57. The second-order valence-corrected chi connectivity index (χ2v) is 10.2. The zero-order chi connectivity index (χ0) is 25.8. The van der Waals surface area contributed by atoms with Gasteiger partial charge in [-0.25, -0.2) is 0 Å². The molecule has 2 aromatic carbocycles. The van der Waals surface area contributed by atoms with Crippen LogP contribution in [0.2, 0.25) is 0 Å². The van der Waals surface area contributed by atoms with Gasteiger partial charge in [0.25, 0.3) is 5.91 Å². The van der Waals surface area contributed by atoms with Crippen LogP contribution in [0, 0.1) is 5.92 Å². The van der Waals surface area contributed by atoms with Crippen LogP contribution >= 0.6 is 0 Å². The molecule has 3 aliphatic rings. The van der Waals surface area contributed by atoms with E-state index in [9.17, 15) is 14.4 Å². The van der Waals surface area contributed by atoms with Crippen molar-refractivity contribution in [2.45, 2.75) is 37.8 Å². The molecule has 0 aromatic heterocycles. The van der Waals surface area contributed by atoms with Crippen molar-refractivity contribution in [3.63, 3.8) is 0 Å². The molecule has 8 heteroatoms. The largest absolute Gasteiger partial charge is 0.497 e. The van der Waals surface area contributed by atoms with Gasteiger partial charge in [0, 0.05) is 50.7 Å². The van der Waals surface area contributed by atoms with Crippen molar-refractivity contribution in [2.75, 3.05) is 46.4 Å². The zero-order valence-electron chi connectivity index (χ0n) is 21.5. The van der Waals surface area contributed by atoms with Gasteiger partial charge in [0.15, 0.2) is 0 Å². The predicted molar refractivity (Wildman–Crippen MR) is 140 cm³/mol. The quantitative estimate of drug-likeness (QED) is 0.596. The third-order valence-corrected chi connectivity index (χ3v) is 7.70. The Morgan fingerprint density at radius 3 is 2.49 bits per heavy atom. The second-order valence-electron chi connectivity index (χ2n) is 10.2. The number of amides is 3. The molecular weight excluding hydrogens is 468 g/mol. The summed E-state index contributed by atoms with van der Waals surface area (Å²) in [5.74, 6) is 0.602. The summed E-state index contributed by atoms with van der Waals surface area (Å²) in [6.45, 7) is 3.68. The molecule has 0 radical (unpaired) electrons. The maximum atomic E-state index is 13.8. The number of likely N-dealkylation sites (tertiary alicyclic amines) is 1. The average molecular weight is 505 g/mol. The predicted octanol–water partition coefficient (Wildman–Crippen LogP) is 2.19. The number of ether oxygens (including phenoxy) is 1. The summed E-state index contributed by atoms with van der Waals surface area (Å²) in [5, 5.41) is 3.29. The van der Waals surface area contributed by atoms with E-state index in [2.05, 4.69) is 17.4 Å². The van der Waals surface area contributed by atoms with Crippen LogP contribution in [0.15, 0.2) is 54.6 Å². The van der Waals surface area contributed by atoms with Crippen molar-refractivity contribution < 1.29 is 19.1 Å². The number of benzene rings is 2. The van der Waals surface area contributed by atoms with Crippen LogP contribution in [0.25, 0.3) is 0 Å². The molecule has 0 bridgehead atoms. The van der Waals surface area contributed by atoms with Crippen LogP contribution < -0.4 is 10.1 Å². The Morgan fingerprint density at radius 1 is 1.03 bits per heavy atom. The lowest BCUT2D eigenvalue weighted by atomic mass is 10.1. The fraction of sp³-hybridized carbons (Fsp3) is 0.483. The Bertz CT molecular complexity index is 1110. The highest BCUT2D eigenvalue weighted by atomic mass is 16.5. The Hall–Kier alpha value is -3.39. The Kier molecular flexibility index (Phi) is 7.74. The fourth-order valence-corrected chi connectivity index (χ4v) is 5.45. The monoisotopic (exact) mass is 504 g/mol. The molecule has 2 aliphatic heterocycles. The van der Waals surface area contributed by atoms with E-state index in [4.69, 9.17) is 4.74 Å². The summed E-state index contributed by atoms with van der Waals surface area (Å²) in [5.41, 5.74) is 1.66. The highest BCUT2D eigenvalue weighted by Gasteiger charge is 2.46. The average Bonchev–Trinajstić information content (AvgIpc) is 3.72. The van der Waals surface area contributed by atoms with Gasteiger partial charge in [-0.3, -0.25) is 14.4 Å². The third kappa shape index (κ3) is 5.80. The van der Waals surface area contributed by atoms with E-state index in [1.165, 1.54) is 5.56 Å². The van der Waals surface area contributed by atoms with Crippen LogP contribution in [-0.4, -0.2) is 90.9 Å². The number of carbonyl (C=O) groups excluding carboxylic acids is 3. The normalized spacial score (nSPS) is 21.5. The van der Waals surface area contributed by atoms with Crippen LogP contribution in [0.5, 0.6) is 5.75 Å². The van der Waals surface area contributed by atoms with Gasteiger partial charge in [0.2, 0.25) is 11.8 Å². The van der Waals surface area contributed by atoms with E-state index in [0.29, 0.717) is 43.9 Å². The molecule has 1 aliphatic carbocycles. The third-order valence-electron chi connectivity index (χ3n) is 7.70. The first-order valence-corrected chi connectivity index (χ1v) is 13.3. The molecule has 2 aromatic rings. The maximum Gasteiger partial charge on any atom is 0.254 e. The number of hydrogen-bond acceptors (Lipinski definition) is 5. The fourth-order valence-electron chi connectivity index (χ4n) is 5.45. The van der Waals surface area contributed by atoms with Crippen molar-refractivity contribution in [1.29, 1.82) is 0 Å². The van der Waals surface area contributed by atoms with Crippen LogP contribution in [0.3, 0.4) is 0 Å². The Labute approximate surface area is 218 Å². The topological polar surface area (TPSA) is 82.2 Å². The number of nitrogens with zero attached hydrogens (tertiary/aromatic N) is 3. The van der Waals surface area contributed by atoms with E-state index < -0.39 is 6.04 Å². The minimum atomic E-state index is -0.590. The van der Waals surface area contributed by atoms with E-state index in [0.717, 1.165) is 32.4 Å². The first-order chi connectivity index (χ1) is 18.0. The van der Waals surface area contributed by atoms with Crippen molar-refractivity contribution in [1.82, 2.24) is 20.0 Å². The molecule has 2 saturated heterocycles. The van der Waals surface area contributed by atoms with E-state index >= 15 is 0 Å². The van der Waals surface area contributed by atoms with Gasteiger partial charge in [-0.05, 0) is 49.4 Å². The highest BCUT2D eigenvalue weighted by Crippen LogP contribution is 2.34. The van der Waals surface area contributed by atoms with Gasteiger partial charge in [0.05, 0.1) is 13.2 Å². The number of carbonyl (C=O) groups is 3. The van der Waals surface area contributed by atoms with E-state index in [-0.39, 0.29) is 29.7 Å². The zero-order valence-corrected chi connectivity index (χ0v) is 21.5. The molecule has 3 fully saturated rings. The summed E-state index contributed by atoms with van der Waals surface area (Å²) in [4.78, 5) is 46.4. The molecule has 1 saturated carbocycles. The molecule has 37 heavy (non-hydrogen) atoms. The van der Waals surface area contributed by atoms with Gasteiger partial charge in [-0.1, -0.05) is 36.4 Å². The lowest BCUT2D eigenvalue weighted by molar-refractivity contribution is -0.137. The van der Waals surface area contributed by atoms with Gasteiger partial charge in [-0.2, -0.15) is 0 Å². The standard InChI is InChI=1S/C29H36N4O4/c1-37-25-9-5-8-23(18-25)28(35)33-20-24(19-26(33)29(36)31-16-13-30-14-17-31)32(27(34)22-10-11-22)15-12-21-6-3-2-4-7-21/h2-9,18,22,24,26,30H,10-17,19-20H2,1H3. The number of nitrogens with one attached hydrogen (secondary N) is 1. The number of rotatable bonds is 8. The van der Waals surface area contributed by atoms with Crippen LogP contribution in [-0.2, 0) is 16.0 Å². The SMILES string of the molecule is COc1cccc(C(=O)N2CC(N(CCc3ccccc3)C(=O)C3CC3)CC2C(=O)N2CCNCC2)c1. The molecule has 8 nitrogen and oxygen atoms in total. The Balaban J connectivity index is 1.40.